The van der Waals surface area contributed by atoms with E-state index < -0.39 is 19.2 Å². The maximum absolute atomic E-state index is 12.4. The quantitative estimate of drug-likeness (QED) is 0.553. The fraction of sp³-hybridized carbons (Fsp3) is 0.846. The molecule has 8 heteroatoms. The van der Waals surface area contributed by atoms with Crippen LogP contribution in [0.15, 0.2) is 0 Å². The molecule has 2 atom stereocenters. The van der Waals surface area contributed by atoms with E-state index in [0.717, 1.165) is 6.42 Å². The number of hydrogen-bond donors (Lipinski definition) is 2. The van der Waals surface area contributed by atoms with Gasteiger partial charge in [0.1, 0.15) is 5.54 Å². The third-order valence-electron chi connectivity index (χ3n) is 4.09. The lowest BCUT2D eigenvalue weighted by molar-refractivity contribution is -0.123. The van der Waals surface area contributed by atoms with Crippen molar-refractivity contribution < 1.29 is 23.2 Å². The van der Waals surface area contributed by atoms with Crippen molar-refractivity contribution >= 4 is 19.5 Å². The molecule has 2 fully saturated rings. The minimum absolute atomic E-state index is 0.239. The van der Waals surface area contributed by atoms with Gasteiger partial charge >= 0.3 is 13.6 Å². The number of hydrogen-bond acceptors (Lipinski definition) is 5. The van der Waals surface area contributed by atoms with Gasteiger partial charge < -0.3 is 14.4 Å². The number of rotatable bonds is 7. The molecule has 1 aliphatic carbocycles. The summed E-state index contributed by atoms with van der Waals surface area (Å²) in [5.41, 5.74) is -0.761. The maximum atomic E-state index is 12.4. The highest BCUT2D eigenvalue weighted by Gasteiger charge is 2.50. The summed E-state index contributed by atoms with van der Waals surface area (Å²) in [6.45, 7) is 4.28. The van der Waals surface area contributed by atoms with Crippen molar-refractivity contribution in [1.82, 2.24) is 10.6 Å². The molecule has 120 valence electrons. The van der Waals surface area contributed by atoms with Gasteiger partial charge in [-0.2, -0.15) is 0 Å². The maximum Gasteiger partial charge on any atom is 0.330 e. The Morgan fingerprint density at radius 2 is 1.95 bits per heavy atom. The zero-order valence-electron chi connectivity index (χ0n) is 12.5. The molecule has 21 heavy (non-hydrogen) atoms. The highest BCUT2D eigenvalue weighted by atomic mass is 31.2. The summed E-state index contributed by atoms with van der Waals surface area (Å²) in [7, 11) is -3.03. The second kappa shape index (κ2) is 6.46. The first-order valence-corrected chi connectivity index (χ1v) is 9.17. The summed E-state index contributed by atoms with van der Waals surface area (Å²) < 4.78 is 22.9. The summed E-state index contributed by atoms with van der Waals surface area (Å²) >= 11 is 0. The summed E-state index contributed by atoms with van der Waals surface area (Å²) in [5.74, 6) is -0.00353. The van der Waals surface area contributed by atoms with Gasteiger partial charge in [0.15, 0.2) is 0 Å². The molecule has 2 rings (SSSR count). The SMILES string of the molecule is CCOP(=O)(CCC1CCC2(C1)NC(=O)NC2=O)OCC. The number of carbonyl (C=O) groups is 2. The lowest BCUT2D eigenvalue weighted by atomic mass is 9.95. The Balaban J connectivity index is 1.89. The largest absolute Gasteiger partial charge is 0.330 e. The molecule has 1 saturated heterocycles. The minimum atomic E-state index is -3.03. The van der Waals surface area contributed by atoms with Gasteiger partial charge in [0.25, 0.3) is 5.91 Å². The Morgan fingerprint density at radius 3 is 2.48 bits per heavy atom. The van der Waals surface area contributed by atoms with Crippen molar-refractivity contribution in [2.75, 3.05) is 19.4 Å². The molecule has 0 bridgehead atoms. The Morgan fingerprint density at radius 1 is 1.29 bits per heavy atom. The molecule has 1 heterocycles. The molecular weight excluding hydrogens is 295 g/mol. The molecule has 3 amide bonds. The number of amides is 3. The van der Waals surface area contributed by atoms with Gasteiger partial charge in [-0.25, -0.2) is 4.79 Å². The van der Waals surface area contributed by atoms with Crippen molar-refractivity contribution in [3.05, 3.63) is 0 Å². The molecule has 1 saturated carbocycles. The van der Waals surface area contributed by atoms with E-state index in [-0.39, 0.29) is 11.8 Å². The van der Waals surface area contributed by atoms with E-state index in [2.05, 4.69) is 10.6 Å². The van der Waals surface area contributed by atoms with Crippen LogP contribution in [0.5, 0.6) is 0 Å². The molecule has 0 aromatic carbocycles. The molecule has 2 aliphatic rings. The highest BCUT2D eigenvalue weighted by molar-refractivity contribution is 7.53. The monoisotopic (exact) mass is 318 g/mol. The first-order valence-electron chi connectivity index (χ1n) is 7.45. The van der Waals surface area contributed by atoms with Crippen molar-refractivity contribution in [2.45, 2.75) is 45.1 Å². The summed E-state index contributed by atoms with van der Waals surface area (Å²) in [5, 5.41) is 5.02. The number of carbonyl (C=O) groups excluding carboxylic acids is 2. The number of imide groups is 1. The van der Waals surface area contributed by atoms with Gasteiger partial charge in [-0.3, -0.25) is 14.7 Å². The number of urea groups is 1. The van der Waals surface area contributed by atoms with E-state index in [4.69, 9.17) is 9.05 Å². The van der Waals surface area contributed by atoms with E-state index in [0.29, 0.717) is 38.6 Å². The zero-order valence-corrected chi connectivity index (χ0v) is 13.4. The van der Waals surface area contributed by atoms with Crippen LogP contribution in [0, 0.1) is 5.92 Å². The predicted molar refractivity (Wildman–Crippen MR) is 77.1 cm³/mol. The van der Waals surface area contributed by atoms with Crippen LogP contribution in [0.1, 0.15) is 39.5 Å². The standard InChI is InChI=1S/C13H23N2O5P/c1-3-19-21(18,20-4-2)8-6-10-5-7-13(9-10)11(16)14-12(17)15-13/h10H,3-9H2,1-2H3,(H2,14,15,16,17). The van der Waals surface area contributed by atoms with E-state index in [1.165, 1.54) is 0 Å². The average molecular weight is 318 g/mol. The first-order chi connectivity index (χ1) is 9.93. The molecular formula is C13H23N2O5P. The van der Waals surface area contributed by atoms with E-state index >= 15 is 0 Å². The van der Waals surface area contributed by atoms with Crippen LogP contribution in [0.3, 0.4) is 0 Å². The second-order valence-corrected chi connectivity index (χ2v) is 7.74. The Hall–Kier alpha value is -0.910. The fourth-order valence-electron chi connectivity index (χ4n) is 3.14. The zero-order chi connectivity index (χ0) is 15.5. The van der Waals surface area contributed by atoms with Gasteiger partial charge in [0.05, 0.1) is 19.4 Å². The Bertz CT molecular complexity index is 459. The van der Waals surface area contributed by atoms with Crippen LogP contribution < -0.4 is 10.6 Å². The van der Waals surface area contributed by atoms with E-state index in [9.17, 15) is 14.2 Å². The van der Waals surface area contributed by atoms with Crippen LogP contribution in [-0.4, -0.2) is 36.9 Å². The summed E-state index contributed by atoms with van der Waals surface area (Å²) in [6.07, 6.45) is 3.06. The van der Waals surface area contributed by atoms with E-state index in [1.54, 1.807) is 13.8 Å². The van der Waals surface area contributed by atoms with Crippen LogP contribution in [0.25, 0.3) is 0 Å². The van der Waals surface area contributed by atoms with Crippen molar-refractivity contribution in [3.63, 3.8) is 0 Å². The van der Waals surface area contributed by atoms with Crippen LogP contribution in [-0.2, 0) is 18.4 Å². The third-order valence-corrected chi connectivity index (χ3v) is 6.20. The van der Waals surface area contributed by atoms with E-state index in [1.807, 2.05) is 0 Å². The fourth-order valence-corrected chi connectivity index (χ4v) is 4.94. The molecule has 0 radical (unpaired) electrons. The van der Waals surface area contributed by atoms with Crippen molar-refractivity contribution in [1.29, 1.82) is 0 Å². The Labute approximate surface area is 124 Å². The molecule has 0 aromatic heterocycles. The van der Waals surface area contributed by atoms with Gasteiger partial charge in [0, 0.05) is 0 Å². The van der Waals surface area contributed by atoms with Crippen LogP contribution >= 0.6 is 7.60 Å². The van der Waals surface area contributed by atoms with Gasteiger partial charge in [0.2, 0.25) is 0 Å². The molecule has 2 N–H and O–H groups in total. The minimum Gasteiger partial charge on any atom is -0.323 e. The summed E-state index contributed by atoms with van der Waals surface area (Å²) in [4.78, 5) is 23.1. The van der Waals surface area contributed by atoms with Crippen LogP contribution in [0.4, 0.5) is 4.79 Å². The lowest BCUT2D eigenvalue weighted by Gasteiger charge is -2.21. The normalized spacial score (nSPS) is 29.0. The molecule has 1 spiro atoms. The Kier molecular flexibility index (Phi) is 5.07. The third kappa shape index (κ3) is 3.65. The average Bonchev–Trinajstić information content (AvgIpc) is 2.93. The number of nitrogens with one attached hydrogen (secondary N) is 2. The van der Waals surface area contributed by atoms with Crippen LogP contribution in [0.2, 0.25) is 0 Å². The smallest absolute Gasteiger partial charge is 0.323 e. The highest BCUT2D eigenvalue weighted by Crippen LogP contribution is 2.50. The molecule has 1 aliphatic heterocycles. The van der Waals surface area contributed by atoms with Gasteiger partial charge in [-0.05, 0) is 45.4 Å². The topological polar surface area (TPSA) is 93.7 Å². The summed E-state index contributed by atoms with van der Waals surface area (Å²) in [6, 6.07) is -0.421. The molecule has 0 aromatic rings. The molecule has 7 nitrogen and oxygen atoms in total. The molecule has 2 unspecified atom stereocenters. The second-order valence-electron chi connectivity index (χ2n) is 5.56. The van der Waals surface area contributed by atoms with Gasteiger partial charge in [-0.15, -0.1) is 0 Å². The van der Waals surface area contributed by atoms with Gasteiger partial charge in [-0.1, -0.05) is 0 Å². The van der Waals surface area contributed by atoms with Crippen molar-refractivity contribution in [2.24, 2.45) is 5.92 Å². The predicted octanol–water partition coefficient (Wildman–Crippen LogP) is 2.02. The van der Waals surface area contributed by atoms with Crippen molar-refractivity contribution in [3.8, 4) is 0 Å². The lowest BCUT2D eigenvalue weighted by Crippen LogP contribution is -2.44. The first kappa shape index (κ1) is 16.5.